The van der Waals surface area contributed by atoms with Gasteiger partial charge < -0.3 is 10.0 Å². The second kappa shape index (κ2) is 3.77. The summed E-state index contributed by atoms with van der Waals surface area (Å²) >= 11 is 0. The average molecular weight is 219 g/mol. The minimum Gasteiger partial charge on any atom is -0.386 e. The minimum absolute atomic E-state index is 0.550. The van der Waals surface area contributed by atoms with Gasteiger partial charge in [0, 0.05) is 18.3 Å². The molecule has 0 bridgehead atoms. The van der Waals surface area contributed by atoms with Gasteiger partial charge in [0.05, 0.1) is 5.60 Å². The van der Waals surface area contributed by atoms with Gasteiger partial charge >= 0.3 is 0 Å². The van der Waals surface area contributed by atoms with Crippen LogP contribution < -0.4 is 4.90 Å². The van der Waals surface area contributed by atoms with Crippen molar-refractivity contribution in [3.8, 4) is 0 Å². The third-order valence-electron chi connectivity index (χ3n) is 3.34. The summed E-state index contributed by atoms with van der Waals surface area (Å²) in [6, 6.07) is 6.89. The van der Waals surface area contributed by atoms with Gasteiger partial charge in [-0.05, 0) is 51.3 Å². The molecule has 0 saturated carbocycles. The van der Waals surface area contributed by atoms with E-state index in [-0.39, 0.29) is 0 Å². The van der Waals surface area contributed by atoms with Crippen molar-refractivity contribution >= 4 is 5.69 Å². The molecule has 0 aromatic heterocycles. The van der Waals surface area contributed by atoms with Crippen LogP contribution in [0, 0.1) is 0 Å². The summed E-state index contributed by atoms with van der Waals surface area (Å²) in [6.07, 6.45) is 1.09. The van der Waals surface area contributed by atoms with Crippen molar-refractivity contribution in [1.82, 2.24) is 0 Å². The van der Waals surface area contributed by atoms with Crippen molar-refractivity contribution in [1.29, 1.82) is 0 Å². The Morgan fingerprint density at radius 2 is 2.00 bits per heavy atom. The number of rotatable bonds is 2. The average Bonchev–Trinajstić information content (AvgIpc) is 2.58. The molecular formula is C14H21NO. The summed E-state index contributed by atoms with van der Waals surface area (Å²) in [6.45, 7) is 9.22. The predicted molar refractivity (Wildman–Crippen MR) is 67.9 cm³/mol. The van der Waals surface area contributed by atoms with Gasteiger partial charge in [-0.2, -0.15) is 0 Å². The smallest absolute Gasteiger partial charge is 0.0840 e. The Balaban J connectivity index is 2.37. The number of hydrogen-bond donors (Lipinski definition) is 1. The second-order valence-electron chi connectivity index (χ2n) is 5.44. The molecule has 0 saturated heterocycles. The van der Waals surface area contributed by atoms with Gasteiger partial charge in [0.1, 0.15) is 0 Å². The van der Waals surface area contributed by atoms with Crippen LogP contribution in [0.1, 0.15) is 38.8 Å². The van der Waals surface area contributed by atoms with Crippen LogP contribution in [0.25, 0.3) is 0 Å². The zero-order valence-corrected chi connectivity index (χ0v) is 10.6. The van der Waals surface area contributed by atoms with Gasteiger partial charge in [-0.3, -0.25) is 0 Å². The lowest BCUT2D eigenvalue weighted by molar-refractivity contribution is 0.0785. The number of fused-ring (bicyclic) bond motifs is 1. The third kappa shape index (κ3) is 1.94. The van der Waals surface area contributed by atoms with Gasteiger partial charge in [-0.1, -0.05) is 12.1 Å². The van der Waals surface area contributed by atoms with Crippen molar-refractivity contribution in [2.75, 3.05) is 11.4 Å². The number of benzene rings is 1. The maximum absolute atomic E-state index is 9.98. The van der Waals surface area contributed by atoms with Gasteiger partial charge in [-0.25, -0.2) is 0 Å². The number of anilines is 1. The normalized spacial score (nSPS) is 15.8. The molecule has 0 spiro atoms. The van der Waals surface area contributed by atoms with Crippen molar-refractivity contribution in [3.05, 3.63) is 29.3 Å². The van der Waals surface area contributed by atoms with Crippen molar-refractivity contribution in [2.45, 2.75) is 45.8 Å². The fraction of sp³-hybridized carbons (Fsp3) is 0.571. The van der Waals surface area contributed by atoms with Gasteiger partial charge in [0.2, 0.25) is 0 Å². The van der Waals surface area contributed by atoms with Crippen LogP contribution in [0.4, 0.5) is 5.69 Å². The van der Waals surface area contributed by atoms with Crippen LogP contribution in [-0.4, -0.2) is 17.7 Å². The molecule has 1 heterocycles. The molecule has 1 aliphatic heterocycles. The second-order valence-corrected chi connectivity index (χ2v) is 5.44. The van der Waals surface area contributed by atoms with E-state index in [9.17, 15) is 5.11 Å². The van der Waals surface area contributed by atoms with Crippen LogP contribution >= 0.6 is 0 Å². The first-order chi connectivity index (χ1) is 7.39. The lowest BCUT2D eigenvalue weighted by atomic mass is 9.95. The van der Waals surface area contributed by atoms with E-state index in [1.54, 1.807) is 0 Å². The van der Waals surface area contributed by atoms with Crippen LogP contribution in [-0.2, 0) is 12.0 Å². The summed E-state index contributed by atoms with van der Waals surface area (Å²) in [7, 11) is 0. The summed E-state index contributed by atoms with van der Waals surface area (Å²) in [5.74, 6) is 0. The monoisotopic (exact) mass is 219 g/mol. The SMILES string of the molecule is CC(C)N1CCc2cc(C(C)(C)O)ccc21. The molecular weight excluding hydrogens is 198 g/mol. The number of nitrogens with zero attached hydrogens (tertiary/aromatic N) is 1. The van der Waals surface area contributed by atoms with Gasteiger partial charge in [-0.15, -0.1) is 0 Å². The van der Waals surface area contributed by atoms with Crippen molar-refractivity contribution in [3.63, 3.8) is 0 Å². The van der Waals surface area contributed by atoms with Crippen LogP contribution in [0.3, 0.4) is 0 Å². The Bertz CT molecular complexity index is 390. The lowest BCUT2D eigenvalue weighted by Gasteiger charge is -2.25. The molecule has 1 aliphatic rings. The van der Waals surface area contributed by atoms with Gasteiger partial charge in [0.15, 0.2) is 0 Å². The van der Waals surface area contributed by atoms with E-state index in [2.05, 4.69) is 30.9 Å². The number of aliphatic hydroxyl groups is 1. The molecule has 16 heavy (non-hydrogen) atoms. The topological polar surface area (TPSA) is 23.5 Å². The largest absolute Gasteiger partial charge is 0.386 e. The van der Waals surface area contributed by atoms with E-state index in [1.165, 1.54) is 11.3 Å². The number of hydrogen-bond acceptors (Lipinski definition) is 2. The minimum atomic E-state index is -0.736. The molecule has 1 N–H and O–H groups in total. The maximum Gasteiger partial charge on any atom is 0.0840 e. The first-order valence-corrected chi connectivity index (χ1v) is 6.02. The quantitative estimate of drug-likeness (QED) is 0.826. The van der Waals surface area contributed by atoms with E-state index in [1.807, 2.05) is 19.9 Å². The zero-order valence-electron chi connectivity index (χ0n) is 10.6. The summed E-state index contributed by atoms with van der Waals surface area (Å²) in [4.78, 5) is 2.42. The summed E-state index contributed by atoms with van der Waals surface area (Å²) < 4.78 is 0. The van der Waals surface area contributed by atoms with Gasteiger partial charge in [0.25, 0.3) is 0 Å². The molecule has 0 unspecified atom stereocenters. The van der Waals surface area contributed by atoms with E-state index >= 15 is 0 Å². The fourth-order valence-electron chi connectivity index (χ4n) is 2.34. The van der Waals surface area contributed by atoms with Crippen molar-refractivity contribution in [2.24, 2.45) is 0 Å². The van der Waals surface area contributed by atoms with Crippen molar-refractivity contribution < 1.29 is 5.11 Å². The highest BCUT2D eigenvalue weighted by atomic mass is 16.3. The molecule has 0 fully saturated rings. The van der Waals surface area contributed by atoms with E-state index in [0.29, 0.717) is 6.04 Å². The Labute approximate surface area is 97.9 Å². The highest BCUT2D eigenvalue weighted by molar-refractivity contribution is 5.60. The van der Waals surface area contributed by atoms with E-state index < -0.39 is 5.60 Å². The highest BCUT2D eigenvalue weighted by Crippen LogP contribution is 2.33. The summed E-state index contributed by atoms with van der Waals surface area (Å²) in [5.41, 5.74) is 2.98. The third-order valence-corrected chi connectivity index (χ3v) is 3.34. The Hall–Kier alpha value is -1.02. The van der Waals surface area contributed by atoms with Crippen LogP contribution in [0.5, 0.6) is 0 Å². The maximum atomic E-state index is 9.98. The molecule has 2 nitrogen and oxygen atoms in total. The highest BCUT2D eigenvalue weighted by Gasteiger charge is 2.24. The van der Waals surface area contributed by atoms with E-state index in [4.69, 9.17) is 0 Å². The molecule has 0 aliphatic carbocycles. The Morgan fingerprint density at radius 3 is 2.56 bits per heavy atom. The lowest BCUT2D eigenvalue weighted by Crippen LogP contribution is -2.28. The molecule has 0 radical (unpaired) electrons. The molecule has 0 atom stereocenters. The molecule has 1 aromatic carbocycles. The molecule has 88 valence electrons. The van der Waals surface area contributed by atoms with Crippen LogP contribution in [0.15, 0.2) is 18.2 Å². The van der Waals surface area contributed by atoms with Crippen LogP contribution in [0.2, 0.25) is 0 Å². The standard InChI is InChI=1S/C14H21NO/c1-10(2)15-8-7-11-9-12(14(3,4)16)5-6-13(11)15/h5-6,9-10,16H,7-8H2,1-4H3. The molecule has 0 amide bonds. The first-order valence-electron chi connectivity index (χ1n) is 6.02. The molecule has 2 rings (SSSR count). The van der Waals surface area contributed by atoms with E-state index in [0.717, 1.165) is 18.5 Å². The zero-order chi connectivity index (χ0) is 11.9. The first kappa shape index (κ1) is 11.5. The predicted octanol–water partition coefficient (Wildman–Crippen LogP) is 2.68. The molecule has 2 heteroatoms. The molecule has 1 aromatic rings. The fourth-order valence-corrected chi connectivity index (χ4v) is 2.34. The Morgan fingerprint density at radius 1 is 1.31 bits per heavy atom. The Kier molecular flexibility index (Phi) is 2.70. The summed E-state index contributed by atoms with van der Waals surface area (Å²) in [5, 5.41) is 9.98.